The summed E-state index contributed by atoms with van der Waals surface area (Å²) < 4.78 is 5.66. The van der Waals surface area contributed by atoms with Gasteiger partial charge in [0.05, 0.1) is 18.3 Å². The van der Waals surface area contributed by atoms with Crippen LogP contribution in [0.4, 0.5) is 0 Å². The molecule has 1 saturated heterocycles. The van der Waals surface area contributed by atoms with Crippen molar-refractivity contribution in [2.45, 2.75) is 32.7 Å². The Morgan fingerprint density at radius 2 is 2.00 bits per heavy atom. The van der Waals surface area contributed by atoms with Crippen molar-refractivity contribution in [3.05, 3.63) is 59.4 Å². The van der Waals surface area contributed by atoms with Crippen LogP contribution >= 0.6 is 0 Å². The lowest BCUT2D eigenvalue weighted by Crippen LogP contribution is -2.13. The van der Waals surface area contributed by atoms with Gasteiger partial charge in [-0.15, -0.1) is 0 Å². The van der Waals surface area contributed by atoms with Crippen molar-refractivity contribution in [2.75, 3.05) is 13.7 Å². The normalized spacial score (nSPS) is 16.3. The fourth-order valence-corrected chi connectivity index (χ4v) is 4.18. The lowest BCUT2D eigenvalue weighted by atomic mass is 9.99. The van der Waals surface area contributed by atoms with Gasteiger partial charge in [0.15, 0.2) is 0 Å². The van der Waals surface area contributed by atoms with Crippen molar-refractivity contribution in [1.82, 2.24) is 25.5 Å². The van der Waals surface area contributed by atoms with E-state index in [1.807, 2.05) is 12.3 Å². The molecule has 0 radical (unpaired) electrons. The number of nitrogens with zero attached hydrogens (tertiary/aromatic N) is 3. The average molecular weight is 399 g/mol. The quantitative estimate of drug-likeness (QED) is 0.519. The number of nitrogens with one attached hydrogen (secondary N) is 2. The molecule has 0 spiro atoms. The first-order valence-corrected chi connectivity index (χ1v) is 10.3. The van der Waals surface area contributed by atoms with E-state index in [0.29, 0.717) is 6.04 Å². The second-order valence-corrected chi connectivity index (χ2v) is 7.88. The first-order valence-electron chi connectivity index (χ1n) is 10.3. The minimum atomic E-state index is 0.355. The van der Waals surface area contributed by atoms with Crippen molar-refractivity contribution in [2.24, 2.45) is 0 Å². The second-order valence-electron chi connectivity index (χ2n) is 7.88. The van der Waals surface area contributed by atoms with Gasteiger partial charge >= 0.3 is 0 Å². The highest BCUT2D eigenvalue weighted by Crippen LogP contribution is 2.36. The van der Waals surface area contributed by atoms with Crippen molar-refractivity contribution in [1.29, 1.82) is 0 Å². The molecule has 30 heavy (non-hydrogen) atoms. The van der Waals surface area contributed by atoms with Gasteiger partial charge in [-0.05, 0) is 56.5 Å². The number of hydrogen-bond acceptors (Lipinski definition) is 5. The van der Waals surface area contributed by atoms with E-state index in [2.05, 4.69) is 59.7 Å². The number of hydrogen-bond donors (Lipinski definition) is 2. The van der Waals surface area contributed by atoms with Gasteiger partial charge in [0.25, 0.3) is 0 Å². The molecule has 0 saturated carbocycles. The number of ether oxygens (including phenoxy) is 1. The van der Waals surface area contributed by atoms with Gasteiger partial charge in [-0.3, -0.25) is 10.1 Å². The summed E-state index contributed by atoms with van der Waals surface area (Å²) in [5, 5.41) is 11.1. The molecule has 3 aromatic heterocycles. The summed E-state index contributed by atoms with van der Waals surface area (Å²) in [7, 11) is 1.68. The largest absolute Gasteiger partial charge is 0.494 e. The molecule has 1 atom stereocenters. The van der Waals surface area contributed by atoms with Crippen molar-refractivity contribution in [3.63, 3.8) is 0 Å². The van der Waals surface area contributed by atoms with Crippen molar-refractivity contribution >= 4 is 11.0 Å². The Kier molecular flexibility index (Phi) is 4.71. The topological polar surface area (TPSA) is 75.7 Å². The lowest BCUT2D eigenvalue weighted by Gasteiger charge is -2.12. The van der Waals surface area contributed by atoms with Crippen LogP contribution in [-0.2, 0) is 0 Å². The fraction of sp³-hybridized carbons (Fsp3) is 0.292. The number of fused-ring (bicyclic) bond motifs is 1. The van der Waals surface area contributed by atoms with Crippen molar-refractivity contribution in [3.8, 4) is 28.3 Å². The van der Waals surface area contributed by atoms with Crippen LogP contribution in [0.2, 0.25) is 0 Å². The summed E-state index contributed by atoms with van der Waals surface area (Å²) in [6, 6.07) is 12.8. The molecular formula is C24H25N5O. The number of benzene rings is 1. The van der Waals surface area contributed by atoms with E-state index in [-0.39, 0.29) is 0 Å². The number of aryl methyl sites for hydroxylation is 1. The van der Waals surface area contributed by atoms with Crippen LogP contribution in [0.5, 0.6) is 5.75 Å². The predicted molar refractivity (Wildman–Crippen MR) is 119 cm³/mol. The Morgan fingerprint density at radius 3 is 2.73 bits per heavy atom. The van der Waals surface area contributed by atoms with E-state index >= 15 is 0 Å². The minimum absolute atomic E-state index is 0.355. The molecule has 0 bridgehead atoms. The fourth-order valence-electron chi connectivity index (χ4n) is 4.18. The van der Waals surface area contributed by atoms with Gasteiger partial charge in [-0.1, -0.05) is 18.2 Å². The molecule has 4 aromatic rings. The van der Waals surface area contributed by atoms with E-state index in [1.54, 1.807) is 7.11 Å². The summed E-state index contributed by atoms with van der Waals surface area (Å²) in [4.78, 5) is 9.69. The molecule has 1 fully saturated rings. The molecular weight excluding hydrogens is 374 g/mol. The molecule has 6 nitrogen and oxygen atoms in total. The number of pyridine rings is 2. The zero-order valence-electron chi connectivity index (χ0n) is 17.5. The lowest BCUT2D eigenvalue weighted by molar-refractivity contribution is 0.415. The average Bonchev–Trinajstić information content (AvgIpc) is 3.45. The first-order chi connectivity index (χ1) is 14.7. The zero-order chi connectivity index (χ0) is 20.7. The molecule has 1 aromatic carbocycles. The summed E-state index contributed by atoms with van der Waals surface area (Å²) in [5.41, 5.74) is 8.83. The highest BCUT2D eigenvalue weighted by molar-refractivity contribution is 5.92. The highest BCUT2D eigenvalue weighted by atomic mass is 16.5. The zero-order valence-corrected chi connectivity index (χ0v) is 17.5. The minimum Gasteiger partial charge on any atom is -0.494 e. The smallest absolute Gasteiger partial charge is 0.147 e. The Bertz CT molecular complexity index is 1210. The summed E-state index contributed by atoms with van der Waals surface area (Å²) in [6.45, 7) is 5.29. The predicted octanol–water partition coefficient (Wildman–Crippen LogP) is 4.74. The number of aromatic nitrogens is 4. The molecule has 1 aliphatic heterocycles. The Hall–Kier alpha value is -3.25. The first kappa shape index (κ1) is 18.8. The van der Waals surface area contributed by atoms with E-state index < -0.39 is 0 Å². The second kappa shape index (κ2) is 7.54. The summed E-state index contributed by atoms with van der Waals surface area (Å²) in [6.07, 6.45) is 4.23. The van der Waals surface area contributed by atoms with E-state index in [1.165, 1.54) is 17.5 Å². The molecule has 6 heteroatoms. The van der Waals surface area contributed by atoms with Crippen LogP contribution < -0.4 is 10.1 Å². The van der Waals surface area contributed by atoms with Gasteiger partial charge in [-0.25, -0.2) is 4.98 Å². The van der Waals surface area contributed by atoms with Gasteiger partial charge < -0.3 is 10.1 Å². The Balaban J connectivity index is 1.61. The monoisotopic (exact) mass is 399 g/mol. The SMILES string of the molecule is COc1cc2[nH]nc(-c3ccc(C4CCCN4)nc3)c2nc1-c1cccc(C)c1C. The van der Waals surface area contributed by atoms with E-state index in [4.69, 9.17) is 14.7 Å². The molecule has 1 aliphatic rings. The van der Waals surface area contributed by atoms with E-state index in [0.717, 1.165) is 58.0 Å². The van der Waals surface area contributed by atoms with E-state index in [9.17, 15) is 0 Å². The van der Waals surface area contributed by atoms with Gasteiger partial charge in [-0.2, -0.15) is 5.10 Å². The third-order valence-corrected chi connectivity index (χ3v) is 6.06. The molecule has 0 aliphatic carbocycles. The number of H-pyrrole nitrogens is 1. The maximum absolute atomic E-state index is 5.66. The van der Waals surface area contributed by atoms with Crippen LogP contribution in [0.1, 0.15) is 35.7 Å². The molecule has 0 amide bonds. The molecule has 2 N–H and O–H groups in total. The van der Waals surface area contributed by atoms with Gasteiger partial charge in [0.1, 0.15) is 22.7 Å². The van der Waals surface area contributed by atoms with Crippen LogP contribution in [0.15, 0.2) is 42.6 Å². The number of rotatable bonds is 4. The maximum Gasteiger partial charge on any atom is 0.147 e. The third kappa shape index (κ3) is 3.13. The summed E-state index contributed by atoms with van der Waals surface area (Å²) >= 11 is 0. The van der Waals surface area contributed by atoms with Gasteiger partial charge in [0.2, 0.25) is 0 Å². The van der Waals surface area contributed by atoms with Crippen LogP contribution in [0.3, 0.4) is 0 Å². The molecule has 152 valence electrons. The summed E-state index contributed by atoms with van der Waals surface area (Å²) in [5.74, 6) is 0.729. The maximum atomic E-state index is 5.66. The molecule has 5 rings (SSSR count). The Morgan fingerprint density at radius 1 is 1.10 bits per heavy atom. The third-order valence-electron chi connectivity index (χ3n) is 6.06. The van der Waals surface area contributed by atoms with Gasteiger partial charge in [0, 0.05) is 29.4 Å². The number of aromatic amines is 1. The van der Waals surface area contributed by atoms with Crippen molar-refractivity contribution < 1.29 is 4.74 Å². The van der Waals surface area contributed by atoms with Crippen LogP contribution in [0.25, 0.3) is 33.5 Å². The number of methoxy groups -OCH3 is 1. The molecule has 4 heterocycles. The van der Waals surface area contributed by atoms with Crippen LogP contribution in [-0.4, -0.2) is 33.8 Å². The molecule has 1 unspecified atom stereocenters. The Labute approximate surface area is 175 Å². The standard InChI is InChI=1S/C24H25N5O/c1-14-6-4-7-17(15(14)2)23-21(30-3)12-20-24(27-23)22(29-28-20)16-9-10-19(26-13-16)18-8-5-11-25-18/h4,6-7,9-10,12-13,18,25H,5,8,11H2,1-3H3,(H,28,29). The highest BCUT2D eigenvalue weighted by Gasteiger charge is 2.20. The van der Waals surface area contributed by atoms with Crippen LogP contribution in [0, 0.1) is 13.8 Å².